The third-order valence-electron chi connectivity index (χ3n) is 1.73. The number of hydrogen-bond donors (Lipinski definition) is 2. The lowest BCUT2D eigenvalue weighted by atomic mass is 10.3. The molecule has 0 aliphatic heterocycles. The van der Waals surface area contributed by atoms with Crippen molar-refractivity contribution in [3.8, 4) is 0 Å². The van der Waals surface area contributed by atoms with Crippen molar-refractivity contribution in [1.29, 1.82) is 0 Å². The highest BCUT2D eigenvalue weighted by molar-refractivity contribution is 14.1. The standard InChI is InChI=1S/C10H12IN3O2/c1-7(15)13-14(2)10(16)12-9-5-3-8(11)4-6-9/h3-6H,1-2H3,(H,12,16)(H,13,15). The van der Waals surface area contributed by atoms with Gasteiger partial charge in [0.1, 0.15) is 0 Å². The van der Waals surface area contributed by atoms with E-state index in [1.807, 2.05) is 12.1 Å². The summed E-state index contributed by atoms with van der Waals surface area (Å²) in [6, 6.07) is 6.96. The lowest BCUT2D eigenvalue weighted by Gasteiger charge is -2.17. The van der Waals surface area contributed by atoms with Gasteiger partial charge in [0.25, 0.3) is 0 Å². The van der Waals surface area contributed by atoms with Crippen LogP contribution in [0.4, 0.5) is 10.5 Å². The fraction of sp³-hybridized carbons (Fsp3) is 0.200. The van der Waals surface area contributed by atoms with Crippen LogP contribution in [0.3, 0.4) is 0 Å². The van der Waals surface area contributed by atoms with E-state index in [0.717, 1.165) is 8.58 Å². The molecule has 0 radical (unpaired) electrons. The lowest BCUT2D eigenvalue weighted by Crippen LogP contribution is -2.44. The molecule has 0 aromatic heterocycles. The second-order valence-electron chi connectivity index (χ2n) is 3.16. The summed E-state index contributed by atoms with van der Waals surface area (Å²) in [6.07, 6.45) is 0. The minimum absolute atomic E-state index is 0.291. The molecule has 0 aliphatic rings. The molecule has 2 N–H and O–H groups in total. The van der Waals surface area contributed by atoms with Crippen LogP contribution in [0.2, 0.25) is 0 Å². The molecule has 0 saturated carbocycles. The Morgan fingerprint density at radius 2 is 1.81 bits per heavy atom. The molecule has 1 aromatic rings. The molecule has 16 heavy (non-hydrogen) atoms. The molecule has 1 rings (SSSR count). The Morgan fingerprint density at radius 1 is 1.25 bits per heavy atom. The van der Waals surface area contributed by atoms with Gasteiger partial charge in [0, 0.05) is 23.2 Å². The number of rotatable bonds is 1. The van der Waals surface area contributed by atoms with E-state index in [1.54, 1.807) is 12.1 Å². The van der Waals surface area contributed by atoms with E-state index in [-0.39, 0.29) is 5.91 Å². The molecule has 86 valence electrons. The number of nitrogens with zero attached hydrogens (tertiary/aromatic N) is 1. The van der Waals surface area contributed by atoms with Crippen LogP contribution in [0.5, 0.6) is 0 Å². The van der Waals surface area contributed by atoms with Crippen molar-refractivity contribution in [3.05, 3.63) is 27.8 Å². The molecule has 3 amide bonds. The van der Waals surface area contributed by atoms with E-state index in [0.29, 0.717) is 5.69 Å². The Bertz CT molecular complexity index is 392. The zero-order valence-electron chi connectivity index (χ0n) is 8.95. The highest BCUT2D eigenvalue weighted by Gasteiger charge is 2.08. The molecule has 0 fully saturated rings. The maximum absolute atomic E-state index is 11.5. The van der Waals surface area contributed by atoms with E-state index < -0.39 is 6.03 Å². The Labute approximate surface area is 107 Å². The van der Waals surface area contributed by atoms with Gasteiger partial charge in [0.05, 0.1) is 0 Å². The van der Waals surface area contributed by atoms with Crippen molar-refractivity contribution in [2.45, 2.75) is 6.92 Å². The van der Waals surface area contributed by atoms with E-state index in [9.17, 15) is 9.59 Å². The van der Waals surface area contributed by atoms with Gasteiger partial charge in [0.15, 0.2) is 0 Å². The van der Waals surface area contributed by atoms with Gasteiger partial charge < -0.3 is 5.32 Å². The lowest BCUT2D eigenvalue weighted by molar-refractivity contribution is -0.122. The number of amides is 3. The molecule has 5 nitrogen and oxygen atoms in total. The summed E-state index contributed by atoms with van der Waals surface area (Å²) in [6.45, 7) is 1.34. The summed E-state index contributed by atoms with van der Waals surface area (Å²) in [5.74, 6) is -0.291. The zero-order chi connectivity index (χ0) is 12.1. The van der Waals surface area contributed by atoms with Crippen LogP contribution in [-0.4, -0.2) is 24.0 Å². The van der Waals surface area contributed by atoms with Crippen LogP contribution < -0.4 is 10.7 Å². The van der Waals surface area contributed by atoms with E-state index in [4.69, 9.17) is 0 Å². The van der Waals surface area contributed by atoms with Crippen molar-refractivity contribution in [2.75, 3.05) is 12.4 Å². The first-order chi connectivity index (χ1) is 7.49. The Hall–Kier alpha value is -1.31. The van der Waals surface area contributed by atoms with E-state index in [1.165, 1.54) is 14.0 Å². The van der Waals surface area contributed by atoms with Crippen LogP contribution in [0.1, 0.15) is 6.92 Å². The topological polar surface area (TPSA) is 61.4 Å². The van der Waals surface area contributed by atoms with Crippen molar-refractivity contribution in [1.82, 2.24) is 10.4 Å². The number of carbonyl (C=O) groups excluding carboxylic acids is 2. The normalized spacial score (nSPS) is 9.44. The van der Waals surface area contributed by atoms with Gasteiger partial charge in [-0.1, -0.05) is 0 Å². The smallest absolute Gasteiger partial charge is 0.306 e. The Kier molecular flexibility index (Phi) is 4.53. The molecular formula is C10H12IN3O2. The van der Waals surface area contributed by atoms with Crippen LogP contribution in [0, 0.1) is 3.57 Å². The minimum atomic E-state index is -0.392. The van der Waals surface area contributed by atoms with Gasteiger partial charge in [-0.25, -0.2) is 9.80 Å². The molecule has 0 aliphatic carbocycles. The molecule has 0 unspecified atom stereocenters. The number of nitrogens with one attached hydrogen (secondary N) is 2. The molecule has 0 bridgehead atoms. The zero-order valence-corrected chi connectivity index (χ0v) is 11.1. The third kappa shape index (κ3) is 4.05. The SMILES string of the molecule is CC(=O)NN(C)C(=O)Nc1ccc(I)cc1. The average molecular weight is 333 g/mol. The van der Waals surface area contributed by atoms with Crippen molar-refractivity contribution in [3.63, 3.8) is 0 Å². The maximum Gasteiger partial charge on any atom is 0.340 e. The van der Waals surface area contributed by atoms with Gasteiger partial charge in [-0.2, -0.15) is 0 Å². The molecule has 0 heterocycles. The number of hydrogen-bond acceptors (Lipinski definition) is 2. The molecular weight excluding hydrogens is 321 g/mol. The summed E-state index contributed by atoms with van der Waals surface area (Å²) in [7, 11) is 1.48. The Balaban J connectivity index is 2.57. The van der Waals surface area contributed by atoms with Gasteiger partial charge in [-0.05, 0) is 46.9 Å². The first-order valence-corrected chi connectivity index (χ1v) is 5.64. The summed E-state index contributed by atoms with van der Waals surface area (Å²) in [4.78, 5) is 22.3. The number of halogens is 1. The largest absolute Gasteiger partial charge is 0.340 e. The highest BCUT2D eigenvalue weighted by Crippen LogP contribution is 2.11. The predicted molar refractivity (Wildman–Crippen MR) is 69.8 cm³/mol. The number of urea groups is 1. The number of anilines is 1. The summed E-state index contributed by atoms with van der Waals surface area (Å²) in [5.41, 5.74) is 3.04. The first kappa shape index (κ1) is 12.8. The summed E-state index contributed by atoms with van der Waals surface area (Å²) in [5, 5.41) is 3.74. The minimum Gasteiger partial charge on any atom is -0.306 e. The van der Waals surface area contributed by atoms with Gasteiger partial charge in [-0.15, -0.1) is 0 Å². The van der Waals surface area contributed by atoms with Gasteiger partial charge in [-0.3, -0.25) is 10.2 Å². The van der Waals surface area contributed by atoms with Gasteiger partial charge in [0.2, 0.25) is 5.91 Å². The highest BCUT2D eigenvalue weighted by atomic mass is 127. The number of hydrazine groups is 1. The number of benzene rings is 1. The Morgan fingerprint density at radius 3 is 2.31 bits per heavy atom. The fourth-order valence-corrected chi connectivity index (χ4v) is 1.39. The first-order valence-electron chi connectivity index (χ1n) is 4.56. The second-order valence-corrected chi connectivity index (χ2v) is 4.41. The maximum atomic E-state index is 11.5. The molecule has 0 atom stereocenters. The quantitative estimate of drug-likeness (QED) is 0.608. The van der Waals surface area contributed by atoms with Crippen LogP contribution >= 0.6 is 22.6 Å². The van der Waals surface area contributed by atoms with Crippen molar-refractivity contribution in [2.24, 2.45) is 0 Å². The van der Waals surface area contributed by atoms with Crippen LogP contribution in [0.15, 0.2) is 24.3 Å². The predicted octanol–water partition coefficient (Wildman–Crippen LogP) is 1.81. The average Bonchev–Trinajstić information content (AvgIpc) is 2.20. The second kappa shape index (κ2) is 5.69. The van der Waals surface area contributed by atoms with Gasteiger partial charge >= 0.3 is 6.03 Å². The molecule has 0 spiro atoms. The van der Waals surface area contributed by atoms with Crippen molar-refractivity contribution < 1.29 is 9.59 Å². The van der Waals surface area contributed by atoms with E-state index >= 15 is 0 Å². The third-order valence-corrected chi connectivity index (χ3v) is 2.44. The van der Waals surface area contributed by atoms with Crippen LogP contribution in [0.25, 0.3) is 0 Å². The van der Waals surface area contributed by atoms with E-state index in [2.05, 4.69) is 33.3 Å². The summed E-state index contributed by atoms with van der Waals surface area (Å²) < 4.78 is 1.09. The molecule has 1 aromatic carbocycles. The summed E-state index contributed by atoms with van der Waals surface area (Å²) >= 11 is 2.18. The monoisotopic (exact) mass is 333 g/mol. The fourth-order valence-electron chi connectivity index (χ4n) is 1.03. The molecule has 0 saturated heterocycles. The molecule has 6 heteroatoms. The van der Waals surface area contributed by atoms with Crippen LogP contribution in [-0.2, 0) is 4.79 Å². The van der Waals surface area contributed by atoms with Crippen molar-refractivity contribution >= 4 is 40.2 Å². The number of carbonyl (C=O) groups is 2.